The highest BCUT2D eigenvalue weighted by Gasteiger charge is 2.46. The van der Waals surface area contributed by atoms with Crippen molar-refractivity contribution < 1.29 is 0 Å². The third kappa shape index (κ3) is 3.33. The van der Waals surface area contributed by atoms with Crippen molar-refractivity contribution in [2.45, 2.75) is 38.1 Å². The van der Waals surface area contributed by atoms with Crippen LogP contribution in [0.25, 0.3) is 0 Å². The van der Waals surface area contributed by atoms with Gasteiger partial charge in [-0.25, -0.2) is 4.98 Å². The molecule has 132 valence electrons. The van der Waals surface area contributed by atoms with E-state index in [2.05, 4.69) is 28.1 Å². The van der Waals surface area contributed by atoms with E-state index in [1.54, 1.807) is 0 Å². The number of anilines is 3. The fraction of sp³-hybridized carbons (Fsp3) is 0.500. The van der Waals surface area contributed by atoms with Crippen LogP contribution in [0.4, 0.5) is 17.5 Å². The van der Waals surface area contributed by atoms with Crippen LogP contribution >= 0.6 is 0 Å². The Kier molecular flexibility index (Phi) is 4.12. The van der Waals surface area contributed by atoms with E-state index in [1.807, 2.05) is 37.1 Å². The first kappa shape index (κ1) is 16.3. The highest BCUT2D eigenvalue weighted by Crippen LogP contribution is 2.44. The molecule has 0 bridgehead atoms. The fourth-order valence-corrected chi connectivity index (χ4v) is 3.85. The van der Waals surface area contributed by atoms with Gasteiger partial charge in [0.25, 0.3) is 0 Å². The second-order valence-corrected chi connectivity index (χ2v) is 7.56. The number of nitrogens with zero attached hydrogens (tertiary/aromatic N) is 4. The van der Waals surface area contributed by atoms with Crippen molar-refractivity contribution in [3.63, 3.8) is 0 Å². The summed E-state index contributed by atoms with van der Waals surface area (Å²) in [6, 6.07) is 12.3. The molecule has 2 heterocycles. The Hall–Kier alpha value is -2.14. The maximum atomic E-state index is 6.41. The lowest BCUT2D eigenvalue weighted by molar-refractivity contribution is 0.324. The minimum absolute atomic E-state index is 0.145. The third-order valence-corrected chi connectivity index (χ3v) is 5.73. The minimum atomic E-state index is 0.145. The second-order valence-electron chi connectivity index (χ2n) is 7.56. The molecule has 0 amide bonds. The maximum absolute atomic E-state index is 6.41. The van der Waals surface area contributed by atoms with Gasteiger partial charge in [0.05, 0.1) is 0 Å². The average Bonchev–Trinajstić information content (AvgIpc) is 3.40. The van der Waals surface area contributed by atoms with Crippen LogP contribution in [0, 0.1) is 12.8 Å². The second kappa shape index (κ2) is 6.30. The minimum Gasteiger partial charge on any atom is -0.356 e. The number of para-hydroxylation sites is 1. The van der Waals surface area contributed by atoms with E-state index in [0.717, 1.165) is 36.2 Å². The monoisotopic (exact) mass is 337 g/mol. The molecule has 0 radical (unpaired) electrons. The van der Waals surface area contributed by atoms with Crippen molar-refractivity contribution in [1.29, 1.82) is 0 Å². The molecule has 0 atom stereocenters. The van der Waals surface area contributed by atoms with Gasteiger partial charge >= 0.3 is 0 Å². The summed E-state index contributed by atoms with van der Waals surface area (Å²) in [5.74, 6) is 2.46. The number of aromatic nitrogens is 2. The lowest BCUT2D eigenvalue weighted by Gasteiger charge is -2.36. The number of aryl methyl sites for hydroxylation is 1. The van der Waals surface area contributed by atoms with Crippen molar-refractivity contribution in [1.82, 2.24) is 9.97 Å². The van der Waals surface area contributed by atoms with Gasteiger partial charge in [0, 0.05) is 43.1 Å². The zero-order chi connectivity index (χ0) is 17.4. The predicted molar refractivity (Wildman–Crippen MR) is 102 cm³/mol. The molecule has 1 aromatic heterocycles. The summed E-state index contributed by atoms with van der Waals surface area (Å²) in [5.41, 5.74) is 8.65. The fourth-order valence-electron chi connectivity index (χ4n) is 3.85. The molecular formula is C20H27N5. The van der Waals surface area contributed by atoms with Gasteiger partial charge < -0.3 is 15.5 Å². The largest absolute Gasteiger partial charge is 0.356 e. The first-order chi connectivity index (χ1) is 12.0. The summed E-state index contributed by atoms with van der Waals surface area (Å²) in [4.78, 5) is 13.9. The Morgan fingerprint density at radius 2 is 1.80 bits per heavy atom. The number of rotatable bonds is 4. The zero-order valence-corrected chi connectivity index (χ0v) is 15.2. The van der Waals surface area contributed by atoms with E-state index >= 15 is 0 Å². The Balaban J connectivity index is 1.52. The van der Waals surface area contributed by atoms with Crippen LogP contribution in [0.2, 0.25) is 0 Å². The highest BCUT2D eigenvalue weighted by atomic mass is 15.3. The van der Waals surface area contributed by atoms with Crippen molar-refractivity contribution >= 4 is 17.5 Å². The Morgan fingerprint density at radius 3 is 2.44 bits per heavy atom. The van der Waals surface area contributed by atoms with E-state index in [4.69, 9.17) is 10.7 Å². The van der Waals surface area contributed by atoms with E-state index in [1.165, 1.54) is 25.7 Å². The Labute approximate surface area is 149 Å². The van der Waals surface area contributed by atoms with E-state index in [9.17, 15) is 0 Å². The number of nitrogens with two attached hydrogens (primary N) is 1. The smallest absolute Gasteiger partial charge is 0.231 e. The van der Waals surface area contributed by atoms with E-state index < -0.39 is 0 Å². The van der Waals surface area contributed by atoms with Crippen LogP contribution in [0.15, 0.2) is 36.4 Å². The summed E-state index contributed by atoms with van der Waals surface area (Å²) < 4.78 is 0. The van der Waals surface area contributed by atoms with E-state index in [0.29, 0.717) is 5.92 Å². The van der Waals surface area contributed by atoms with Crippen LogP contribution < -0.4 is 15.5 Å². The number of hydrogen-bond acceptors (Lipinski definition) is 5. The van der Waals surface area contributed by atoms with Crippen molar-refractivity contribution in [3.05, 3.63) is 42.1 Å². The number of benzene rings is 1. The quantitative estimate of drug-likeness (QED) is 0.928. The third-order valence-electron chi connectivity index (χ3n) is 5.73. The summed E-state index contributed by atoms with van der Waals surface area (Å²) in [6.07, 6.45) is 4.75. The van der Waals surface area contributed by atoms with Crippen molar-refractivity contribution in [2.75, 3.05) is 29.9 Å². The lowest BCUT2D eigenvalue weighted by Crippen LogP contribution is -2.42. The van der Waals surface area contributed by atoms with E-state index in [-0.39, 0.29) is 5.54 Å². The van der Waals surface area contributed by atoms with Gasteiger partial charge in [-0.2, -0.15) is 4.98 Å². The molecular weight excluding hydrogens is 310 g/mol. The maximum Gasteiger partial charge on any atom is 0.231 e. The molecule has 1 aliphatic carbocycles. The lowest BCUT2D eigenvalue weighted by atomic mass is 9.88. The zero-order valence-electron chi connectivity index (χ0n) is 15.2. The molecule has 5 nitrogen and oxygen atoms in total. The molecule has 25 heavy (non-hydrogen) atoms. The molecule has 5 heteroatoms. The number of piperidine rings is 1. The van der Waals surface area contributed by atoms with Crippen molar-refractivity contribution in [2.24, 2.45) is 11.7 Å². The molecule has 0 unspecified atom stereocenters. The van der Waals surface area contributed by atoms with Gasteiger partial charge in [-0.1, -0.05) is 18.2 Å². The van der Waals surface area contributed by atoms with Crippen LogP contribution in [-0.4, -0.2) is 35.6 Å². The molecule has 1 saturated carbocycles. The molecule has 0 spiro atoms. The molecule has 1 aliphatic heterocycles. The van der Waals surface area contributed by atoms with Crippen LogP contribution in [0.5, 0.6) is 0 Å². The van der Waals surface area contributed by atoms with Gasteiger partial charge in [0.15, 0.2) is 0 Å². The van der Waals surface area contributed by atoms with Gasteiger partial charge in [-0.15, -0.1) is 0 Å². The van der Waals surface area contributed by atoms with Crippen LogP contribution in [0.1, 0.15) is 31.4 Å². The molecule has 2 aromatic rings. The van der Waals surface area contributed by atoms with Gasteiger partial charge in [0.1, 0.15) is 5.82 Å². The summed E-state index contributed by atoms with van der Waals surface area (Å²) in [6.45, 7) is 4.11. The van der Waals surface area contributed by atoms with Crippen molar-refractivity contribution in [3.8, 4) is 0 Å². The Morgan fingerprint density at radius 1 is 1.12 bits per heavy atom. The summed E-state index contributed by atoms with van der Waals surface area (Å²) in [5, 5.41) is 0. The predicted octanol–water partition coefficient (Wildman–Crippen LogP) is 3.26. The van der Waals surface area contributed by atoms with Gasteiger partial charge in [0.2, 0.25) is 5.95 Å². The first-order valence-electron chi connectivity index (χ1n) is 9.23. The van der Waals surface area contributed by atoms with Gasteiger partial charge in [-0.05, 0) is 50.7 Å². The van der Waals surface area contributed by atoms with Crippen LogP contribution in [0.3, 0.4) is 0 Å². The molecule has 4 rings (SSSR count). The topological polar surface area (TPSA) is 58.3 Å². The molecule has 1 saturated heterocycles. The standard InChI is InChI=1S/C20H27N5/c1-15-14-18(25-12-8-16(9-13-25)20(21)10-11-20)23-19(22-15)24(2)17-6-4-3-5-7-17/h3-7,14,16H,8-13,21H2,1-2H3. The highest BCUT2D eigenvalue weighted by molar-refractivity contribution is 5.58. The molecule has 2 fully saturated rings. The number of hydrogen-bond donors (Lipinski definition) is 1. The normalized spacial score (nSPS) is 19.7. The molecule has 2 aliphatic rings. The molecule has 1 aromatic carbocycles. The SMILES string of the molecule is Cc1cc(N2CCC(C3(N)CC3)CC2)nc(N(C)c2ccccc2)n1. The van der Waals surface area contributed by atoms with Gasteiger partial charge in [-0.3, -0.25) is 0 Å². The average molecular weight is 337 g/mol. The summed E-state index contributed by atoms with van der Waals surface area (Å²) in [7, 11) is 2.02. The van der Waals surface area contributed by atoms with Crippen LogP contribution in [-0.2, 0) is 0 Å². The molecule has 2 N–H and O–H groups in total. The Bertz CT molecular complexity index is 733. The summed E-state index contributed by atoms with van der Waals surface area (Å²) >= 11 is 0. The first-order valence-corrected chi connectivity index (χ1v) is 9.23.